The van der Waals surface area contributed by atoms with Crippen molar-refractivity contribution in [2.45, 2.75) is 19.4 Å². The van der Waals surface area contributed by atoms with E-state index in [9.17, 15) is 14.4 Å². The first-order chi connectivity index (χ1) is 11.5. The maximum atomic E-state index is 12.2. The lowest BCUT2D eigenvalue weighted by Gasteiger charge is -2.27. The molecule has 2 aliphatic heterocycles. The molecule has 0 bridgehead atoms. The number of H-pyrrole nitrogens is 1. The van der Waals surface area contributed by atoms with Crippen molar-refractivity contribution in [2.75, 3.05) is 24.6 Å². The Morgan fingerprint density at radius 1 is 1.38 bits per heavy atom. The largest absolute Gasteiger partial charge is 0.347 e. The second-order valence-corrected chi connectivity index (χ2v) is 8.02. The van der Waals surface area contributed by atoms with Crippen LogP contribution in [-0.4, -0.2) is 57.3 Å². The topological polar surface area (TPSA) is 95.2 Å². The Hall–Kier alpha value is -1.83. The molecular weight excluding hydrogens is 328 g/mol. The zero-order valence-electron chi connectivity index (χ0n) is 13.4. The van der Waals surface area contributed by atoms with Gasteiger partial charge in [-0.05, 0) is 24.3 Å². The third-order valence-electron chi connectivity index (χ3n) is 5.11. The van der Waals surface area contributed by atoms with E-state index in [-0.39, 0.29) is 29.1 Å². The van der Waals surface area contributed by atoms with Gasteiger partial charge < -0.3 is 15.2 Å². The summed E-state index contributed by atoms with van der Waals surface area (Å²) in [5.41, 5.74) is -0.175. The van der Waals surface area contributed by atoms with Crippen LogP contribution < -0.4 is 10.9 Å². The van der Waals surface area contributed by atoms with Crippen LogP contribution in [0, 0.1) is 24.7 Å². The van der Waals surface area contributed by atoms with Crippen molar-refractivity contribution in [3.8, 4) is 0 Å². The minimum absolute atomic E-state index is 0.0993. The number of thioether (sulfide) groups is 1. The van der Waals surface area contributed by atoms with Crippen LogP contribution >= 0.6 is 11.8 Å². The number of carbonyl (C=O) groups excluding carboxylic acids is 2. The van der Waals surface area contributed by atoms with Crippen LogP contribution in [0.5, 0.6) is 0 Å². The van der Waals surface area contributed by atoms with Crippen molar-refractivity contribution in [3.63, 3.8) is 0 Å². The molecule has 3 fully saturated rings. The van der Waals surface area contributed by atoms with Crippen LogP contribution in [0.15, 0.2) is 10.9 Å². The van der Waals surface area contributed by atoms with Gasteiger partial charge in [-0.25, -0.2) is 4.98 Å². The Morgan fingerprint density at radius 3 is 2.67 bits per heavy atom. The molecule has 0 aromatic carbocycles. The van der Waals surface area contributed by atoms with Crippen LogP contribution in [0.25, 0.3) is 0 Å². The molecule has 1 aromatic heterocycles. The number of amides is 2. The second-order valence-electron chi connectivity index (χ2n) is 6.95. The maximum Gasteiger partial charge on any atom is 0.270 e. The molecule has 7 nitrogen and oxygen atoms in total. The van der Waals surface area contributed by atoms with Crippen molar-refractivity contribution < 1.29 is 9.59 Å². The molecule has 2 N–H and O–H groups in total. The van der Waals surface area contributed by atoms with E-state index in [0.29, 0.717) is 30.0 Å². The number of carbonyl (C=O) groups is 2. The van der Waals surface area contributed by atoms with Crippen molar-refractivity contribution >= 4 is 23.6 Å². The standard InChI is InChI=1S/C16H20N4O3S/c1-8-17-12(3-13(21)18-8)16(23)19-15-10-4-20(5-11(10)15)14(22)2-9-6-24-7-9/h3,9-11,15H,2,4-7H2,1H3,(H,19,23)(H,17,18,21)/t10-,11+,15?. The van der Waals surface area contributed by atoms with Crippen LogP contribution in [0.2, 0.25) is 0 Å². The first kappa shape index (κ1) is 15.7. The maximum absolute atomic E-state index is 12.2. The lowest BCUT2D eigenvalue weighted by Crippen LogP contribution is -2.39. The molecule has 0 spiro atoms. The quantitative estimate of drug-likeness (QED) is 0.800. The summed E-state index contributed by atoms with van der Waals surface area (Å²) in [4.78, 5) is 44.4. The molecule has 0 radical (unpaired) electrons. The predicted molar refractivity (Wildman–Crippen MR) is 89.8 cm³/mol. The van der Waals surface area contributed by atoms with E-state index < -0.39 is 0 Å². The summed E-state index contributed by atoms with van der Waals surface area (Å²) >= 11 is 1.90. The summed E-state index contributed by atoms with van der Waals surface area (Å²) < 4.78 is 0. The summed E-state index contributed by atoms with van der Waals surface area (Å²) in [6.07, 6.45) is 0.666. The average molecular weight is 348 g/mol. The Morgan fingerprint density at radius 2 is 2.08 bits per heavy atom. The molecule has 1 aliphatic carbocycles. The van der Waals surface area contributed by atoms with Gasteiger partial charge in [-0.1, -0.05) is 0 Å². The van der Waals surface area contributed by atoms with E-state index in [1.807, 2.05) is 16.7 Å². The highest BCUT2D eigenvalue weighted by molar-refractivity contribution is 8.00. The first-order valence-corrected chi connectivity index (χ1v) is 9.41. The van der Waals surface area contributed by atoms with Gasteiger partial charge in [0.25, 0.3) is 11.5 Å². The van der Waals surface area contributed by atoms with Crippen molar-refractivity contribution in [2.24, 2.45) is 17.8 Å². The fourth-order valence-electron chi connectivity index (χ4n) is 3.64. The van der Waals surface area contributed by atoms with E-state index >= 15 is 0 Å². The molecule has 8 heteroatoms. The zero-order valence-corrected chi connectivity index (χ0v) is 14.3. The normalized spacial score (nSPS) is 28.2. The van der Waals surface area contributed by atoms with Crippen LogP contribution in [0.3, 0.4) is 0 Å². The number of aryl methyl sites for hydroxylation is 1. The smallest absolute Gasteiger partial charge is 0.270 e. The molecule has 4 rings (SSSR count). The van der Waals surface area contributed by atoms with E-state index in [1.54, 1.807) is 6.92 Å². The van der Waals surface area contributed by atoms with Gasteiger partial charge in [-0.2, -0.15) is 11.8 Å². The van der Waals surface area contributed by atoms with Gasteiger partial charge in [0.2, 0.25) is 5.91 Å². The number of aromatic amines is 1. The van der Waals surface area contributed by atoms with Crippen molar-refractivity contribution in [1.29, 1.82) is 0 Å². The third-order valence-corrected chi connectivity index (χ3v) is 6.52. The van der Waals surface area contributed by atoms with E-state index in [2.05, 4.69) is 15.3 Å². The highest BCUT2D eigenvalue weighted by Crippen LogP contribution is 2.46. The van der Waals surface area contributed by atoms with Gasteiger partial charge in [0.05, 0.1) is 0 Å². The minimum Gasteiger partial charge on any atom is -0.347 e. The van der Waals surface area contributed by atoms with Gasteiger partial charge in [-0.3, -0.25) is 14.4 Å². The molecule has 3 atom stereocenters. The highest BCUT2D eigenvalue weighted by atomic mass is 32.2. The molecule has 3 heterocycles. The number of nitrogens with one attached hydrogen (secondary N) is 2. The minimum atomic E-state index is -0.324. The molecule has 2 saturated heterocycles. The molecule has 1 aromatic rings. The number of hydrogen-bond donors (Lipinski definition) is 2. The van der Waals surface area contributed by atoms with Gasteiger partial charge >= 0.3 is 0 Å². The summed E-state index contributed by atoms with van der Waals surface area (Å²) in [5, 5.41) is 2.95. The summed E-state index contributed by atoms with van der Waals surface area (Å²) in [6, 6.07) is 1.31. The summed E-state index contributed by atoms with van der Waals surface area (Å²) in [5.74, 6) is 3.82. The number of rotatable bonds is 4. The molecule has 1 saturated carbocycles. The highest BCUT2D eigenvalue weighted by Gasteiger charge is 2.57. The van der Waals surface area contributed by atoms with Crippen LogP contribution in [0.4, 0.5) is 0 Å². The Bertz CT molecular complexity index is 733. The number of nitrogens with zero attached hydrogens (tertiary/aromatic N) is 2. The lowest BCUT2D eigenvalue weighted by molar-refractivity contribution is -0.131. The van der Waals surface area contributed by atoms with Gasteiger partial charge in [0, 0.05) is 43.5 Å². The molecule has 3 aliphatic rings. The Balaban J connectivity index is 1.29. The number of piperidine rings is 1. The lowest BCUT2D eigenvalue weighted by atomic mass is 10.1. The Kier molecular flexibility index (Phi) is 3.86. The molecular formula is C16H20N4O3S. The second kappa shape index (κ2) is 5.91. The SMILES string of the molecule is Cc1nc(C(=O)NC2[C@H]3CN(C(=O)CC4CSC4)C[C@@H]23)cc(=O)[nH]1. The van der Waals surface area contributed by atoms with E-state index in [4.69, 9.17) is 0 Å². The van der Waals surface area contributed by atoms with Crippen LogP contribution in [-0.2, 0) is 4.79 Å². The summed E-state index contributed by atoms with van der Waals surface area (Å²) in [7, 11) is 0. The summed E-state index contributed by atoms with van der Waals surface area (Å²) in [6.45, 7) is 3.11. The number of likely N-dealkylation sites (tertiary alicyclic amines) is 1. The van der Waals surface area contributed by atoms with Gasteiger partial charge in [-0.15, -0.1) is 0 Å². The zero-order chi connectivity index (χ0) is 16.8. The fraction of sp³-hybridized carbons (Fsp3) is 0.625. The number of fused-ring (bicyclic) bond motifs is 1. The van der Waals surface area contributed by atoms with E-state index in [1.165, 1.54) is 6.07 Å². The Labute approximate surface area is 143 Å². The molecule has 1 unspecified atom stereocenters. The van der Waals surface area contributed by atoms with Gasteiger partial charge in [0.15, 0.2) is 0 Å². The average Bonchev–Trinajstić information content (AvgIpc) is 2.93. The van der Waals surface area contributed by atoms with E-state index in [0.717, 1.165) is 24.6 Å². The molecule has 24 heavy (non-hydrogen) atoms. The predicted octanol–water partition coefficient (Wildman–Crippen LogP) is 0.0180. The molecule has 2 amide bonds. The molecule has 128 valence electrons. The third kappa shape index (κ3) is 2.94. The number of aromatic nitrogens is 2. The monoisotopic (exact) mass is 348 g/mol. The number of hydrogen-bond acceptors (Lipinski definition) is 5. The van der Waals surface area contributed by atoms with Crippen molar-refractivity contribution in [1.82, 2.24) is 20.2 Å². The van der Waals surface area contributed by atoms with Crippen molar-refractivity contribution in [3.05, 3.63) is 27.9 Å². The van der Waals surface area contributed by atoms with Crippen LogP contribution in [0.1, 0.15) is 22.7 Å². The first-order valence-electron chi connectivity index (χ1n) is 8.25. The fourth-order valence-corrected chi connectivity index (χ4v) is 4.45. The van der Waals surface area contributed by atoms with Gasteiger partial charge in [0.1, 0.15) is 11.5 Å².